The highest BCUT2D eigenvalue weighted by Gasteiger charge is 2.36. The number of benzene rings is 1. The highest BCUT2D eigenvalue weighted by molar-refractivity contribution is 9.10. The van der Waals surface area contributed by atoms with Crippen LogP contribution in [0.1, 0.15) is 26.2 Å². The van der Waals surface area contributed by atoms with E-state index >= 15 is 0 Å². The van der Waals surface area contributed by atoms with E-state index in [9.17, 15) is 9.59 Å². The van der Waals surface area contributed by atoms with Gasteiger partial charge in [0.05, 0.1) is 5.92 Å². The smallest absolute Gasteiger partial charge is 0.227 e. The standard InChI is InChI=1S/C16H21BrN2O2/c1-3-4-8-18(2)16(21)12-9-15(20)19(11-12)14-7-5-6-13(17)10-14/h5-7,10,12H,3-4,8-9,11H2,1-2H3. The third-order valence-corrected chi connectivity index (χ3v) is 4.31. The van der Waals surface area contributed by atoms with Crippen LogP contribution in [0.2, 0.25) is 0 Å². The van der Waals surface area contributed by atoms with E-state index in [1.54, 1.807) is 9.80 Å². The molecule has 1 atom stereocenters. The van der Waals surface area contributed by atoms with Crippen LogP contribution in [0.25, 0.3) is 0 Å². The van der Waals surface area contributed by atoms with Crippen LogP contribution in [0.5, 0.6) is 0 Å². The minimum absolute atomic E-state index is 0.0235. The van der Waals surface area contributed by atoms with E-state index in [2.05, 4.69) is 22.9 Å². The van der Waals surface area contributed by atoms with Gasteiger partial charge in [0.25, 0.3) is 0 Å². The van der Waals surface area contributed by atoms with Crippen molar-refractivity contribution in [3.63, 3.8) is 0 Å². The normalized spacial score (nSPS) is 18.1. The van der Waals surface area contributed by atoms with Gasteiger partial charge in [-0.25, -0.2) is 0 Å². The Hall–Kier alpha value is -1.36. The van der Waals surface area contributed by atoms with Crippen LogP contribution >= 0.6 is 15.9 Å². The van der Waals surface area contributed by atoms with Gasteiger partial charge >= 0.3 is 0 Å². The van der Waals surface area contributed by atoms with Gasteiger partial charge in [-0.3, -0.25) is 9.59 Å². The highest BCUT2D eigenvalue weighted by Crippen LogP contribution is 2.28. The Morgan fingerprint density at radius 3 is 2.90 bits per heavy atom. The molecule has 0 aromatic heterocycles. The second-order valence-corrected chi connectivity index (χ2v) is 6.41. The van der Waals surface area contributed by atoms with Crippen LogP contribution < -0.4 is 4.90 Å². The molecule has 1 unspecified atom stereocenters. The van der Waals surface area contributed by atoms with Crippen molar-refractivity contribution >= 4 is 33.4 Å². The minimum atomic E-state index is -0.224. The van der Waals surface area contributed by atoms with Gasteiger partial charge in [0, 0.05) is 36.7 Å². The Labute approximate surface area is 134 Å². The van der Waals surface area contributed by atoms with Crippen LogP contribution in [0.4, 0.5) is 5.69 Å². The van der Waals surface area contributed by atoms with E-state index in [-0.39, 0.29) is 17.7 Å². The van der Waals surface area contributed by atoms with E-state index < -0.39 is 0 Å². The van der Waals surface area contributed by atoms with Gasteiger partial charge in [0.1, 0.15) is 0 Å². The first-order valence-electron chi connectivity index (χ1n) is 7.33. The van der Waals surface area contributed by atoms with Crippen LogP contribution in [0, 0.1) is 5.92 Å². The van der Waals surface area contributed by atoms with Crippen molar-refractivity contribution in [2.75, 3.05) is 25.0 Å². The number of hydrogen-bond acceptors (Lipinski definition) is 2. The molecular weight excluding hydrogens is 332 g/mol. The number of carbonyl (C=O) groups is 2. The highest BCUT2D eigenvalue weighted by atomic mass is 79.9. The zero-order valence-corrected chi connectivity index (χ0v) is 14.1. The van der Waals surface area contributed by atoms with Crippen molar-refractivity contribution in [2.45, 2.75) is 26.2 Å². The van der Waals surface area contributed by atoms with Gasteiger partial charge in [-0.15, -0.1) is 0 Å². The molecule has 0 bridgehead atoms. The number of halogens is 1. The van der Waals surface area contributed by atoms with E-state index in [4.69, 9.17) is 0 Å². The molecule has 5 heteroatoms. The fourth-order valence-corrected chi connectivity index (χ4v) is 2.97. The number of rotatable bonds is 5. The SMILES string of the molecule is CCCCN(C)C(=O)C1CC(=O)N(c2cccc(Br)c2)C1. The number of amides is 2. The summed E-state index contributed by atoms with van der Waals surface area (Å²) in [5.41, 5.74) is 0.848. The lowest BCUT2D eigenvalue weighted by Crippen LogP contribution is -2.35. The third-order valence-electron chi connectivity index (χ3n) is 3.82. The Morgan fingerprint density at radius 1 is 1.48 bits per heavy atom. The Balaban J connectivity index is 2.04. The third kappa shape index (κ3) is 3.84. The largest absolute Gasteiger partial charge is 0.345 e. The van der Waals surface area contributed by atoms with E-state index in [0.29, 0.717) is 13.0 Å². The molecule has 1 aromatic rings. The van der Waals surface area contributed by atoms with Gasteiger partial charge in [-0.1, -0.05) is 35.3 Å². The number of anilines is 1. The van der Waals surface area contributed by atoms with Crippen molar-refractivity contribution in [2.24, 2.45) is 5.92 Å². The van der Waals surface area contributed by atoms with E-state index in [1.165, 1.54) is 0 Å². The Kier molecular flexibility index (Phi) is 5.39. The van der Waals surface area contributed by atoms with Gasteiger partial charge in [-0.05, 0) is 24.6 Å². The molecule has 1 saturated heterocycles. The molecule has 0 saturated carbocycles. The summed E-state index contributed by atoms with van der Waals surface area (Å²) in [5.74, 6) is -0.122. The van der Waals surface area contributed by atoms with Crippen molar-refractivity contribution in [1.82, 2.24) is 4.90 Å². The molecule has 0 aliphatic carbocycles. The monoisotopic (exact) mass is 352 g/mol. The predicted octanol–water partition coefficient (Wildman–Crippen LogP) is 3.06. The first-order valence-corrected chi connectivity index (χ1v) is 8.13. The molecule has 21 heavy (non-hydrogen) atoms. The van der Waals surface area contributed by atoms with Crippen LogP contribution in [0.15, 0.2) is 28.7 Å². The average Bonchev–Trinajstić information content (AvgIpc) is 2.86. The van der Waals surface area contributed by atoms with Crippen LogP contribution in [0.3, 0.4) is 0 Å². The topological polar surface area (TPSA) is 40.6 Å². The molecule has 1 aliphatic heterocycles. The Bertz CT molecular complexity index is 533. The molecule has 1 aliphatic rings. The lowest BCUT2D eigenvalue weighted by atomic mass is 10.1. The molecule has 114 valence electrons. The summed E-state index contributed by atoms with van der Waals surface area (Å²) < 4.78 is 0.933. The number of unbranched alkanes of at least 4 members (excludes halogenated alkanes) is 1. The summed E-state index contributed by atoms with van der Waals surface area (Å²) >= 11 is 3.41. The van der Waals surface area contributed by atoms with Crippen molar-refractivity contribution in [1.29, 1.82) is 0 Å². The predicted molar refractivity (Wildman–Crippen MR) is 87.1 cm³/mol. The first kappa shape index (κ1) is 16.0. The Morgan fingerprint density at radius 2 is 2.24 bits per heavy atom. The zero-order chi connectivity index (χ0) is 15.4. The molecule has 0 spiro atoms. The number of carbonyl (C=O) groups excluding carboxylic acids is 2. The molecule has 4 nitrogen and oxygen atoms in total. The summed E-state index contributed by atoms with van der Waals surface area (Å²) in [5, 5.41) is 0. The molecule has 1 heterocycles. The average molecular weight is 353 g/mol. The molecule has 1 aromatic carbocycles. The minimum Gasteiger partial charge on any atom is -0.345 e. The summed E-state index contributed by atoms with van der Waals surface area (Å²) in [4.78, 5) is 28.0. The van der Waals surface area contributed by atoms with Crippen molar-refractivity contribution < 1.29 is 9.59 Å². The maximum absolute atomic E-state index is 12.4. The molecule has 1 fully saturated rings. The molecular formula is C16H21BrN2O2. The number of nitrogens with zero attached hydrogens (tertiary/aromatic N) is 2. The summed E-state index contributed by atoms with van der Waals surface area (Å²) in [6.07, 6.45) is 2.37. The van der Waals surface area contributed by atoms with Gasteiger partial charge in [-0.2, -0.15) is 0 Å². The quantitative estimate of drug-likeness (QED) is 0.816. The van der Waals surface area contributed by atoms with Gasteiger partial charge in [0.2, 0.25) is 11.8 Å². The van der Waals surface area contributed by atoms with E-state index in [1.807, 2.05) is 31.3 Å². The van der Waals surface area contributed by atoms with Crippen molar-refractivity contribution in [3.8, 4) is 0 Å². The van der Waals surface area contributed by atoms with Crippen LogP contribution in [-0.2, 0) is 9.59 Å². The molecule has 2 amide bonds. The van der Waals surface area contributed by atoms with E-state index in [0.717, 1.165) is 29.5 Å². The molecule has 2 rings (SSSR count). The maximum Gasteiger partial charge on any atom is 0.227 e. The fourth-order valence-electron chi connectivity index (χ4n) is 2.58. The zero-order valence-electron chi connectivity index (χ0n) is 12.5. The fraction of sp³-hybridized carbons (Fsp3) is 0.500. The maximum atomic E-state index is 12.4. The molecule has 0 radical (unpaired) electrons. The second-order valence-electron chi connectivity index (χ2n) is 5.50. The van der Waals surface area contributed by atoms with Gasteiger partial charge in [0.15, 0.2) is 0 Å². The van der Waals surface area contributed by atoms with Crippen molar-refractivity contribution in [3.05, 3.63) is 28.7 Å². The lowest BCUT2D eigenvalue weighted by Gasteiger charge is -2.21. The second kappa shape index (κ2) is 7.07. The lowest BCUT2D eigenvalue weighted by molar-refractivity contribution is -0.134. The number of hydrogen-bond donors (Lipinski definition) is 0. The summed E-state index contributed by atoms with van der Waals surface area (Å²) in [6, 6.07) is 7.63. The molecule has 0 N–H and O–H groups in total. The summed E-state index contributed by atoms with van der Waals surface area (Å²) in [7, 11) is 1.82. The first-order chi connectivity index (χ1) is 10.0. The summed E-state index contributed by atoms with van der Waals surface area (Å²) in [6.45, 7) is 3.34. The van der Waals surface area contributed by atoms with Gasteiger partial charge < -0.3 is 9.80 Å². The van der Waals surface area contributed by atoms with Crippen LogP contribution in [-0.4, -0.2) is 36.9 Å².